The van der Waals surface area contributed by atoms with Gasteiger partial charge in [0.15, 0.2) is 0 Å². The van der Waals surface area contributed by atoms with E-state index in [4.69, 9.17) is 0 Å². The molecule has 0 spiro atoms. The fourth-order valence-corrected chi connectivity index (χ4v) is 2.60. The van der Waals surface area contributed by atoms with Gasteiger partial charge in [-0.1, -0.05) is 6.07 Å². The summed E-state index contributed by atoms with van der Waals surface area (Å²) >= 11 is 0. The van der Waals surface area contributed by atoms with E-state index in [1.54, 1.807) is 18.2 Å². The van der Waals surface area contributed by atoms with E-state index in [9.17, 15) is 14.5 Å². The highest BCUT2D eigenvalue weighted by Crippen LogP contribution is 2.34. The van der Waals surface area contributed by atoms with Crippen molar-refractivity contribution in [2.75, 3.05) is 5.32 Å². The lowest BCUT2D eigenvalue weighted by atomic mass is 10.1. The number of nitro benzene ring substituents is 1. The molecule has 3 rings (SSSR count). The van der Waals surface area contributed by atoms with E-state index >= 15 is 0 Å². The van der Waals surface area contributed by atoms with E-state index in [-0.39, 0.29) is 17.5 Å². The molecule has 0 bridgehead atoms. The lowest BCUT2D eigenvalue weighted by Gasteiger charge is -2.15. The zero-order valence-corrected chi connectivity index (χ0v) is 10.7. The van der Waals surface area contributed by atoms with Crippen LogP contribution in [0.15, 0.2) is 42.5 Å². The summed E-state index contributed by atoms with van der Waals surface area (Å²) in [6.07, 6.45) is 1.82. The summed E-state index contributed by atoms with van der Waals surface area (Å²) < 4.78 is 13.3. The van der Waals surface area contributed by atoms with Crippen molar-refractivity contribution in [3.8, 4) is 0 Å². The Morgan fingerprint density at radius 2 is 1.95 bits per heavy atom. The molecule has 2 aromatic rings. The topological polar surface area (TPSA) is 55.2 Å². The Balaban J connectivity index is 1.80. The maximum atomic E-state index is 13.3. The Morgan fingerprint density at radius 3 is 2.65 bits per heavy atom. The molecule has 0 amide bonds. The molecule has 0 aromatic heterocycles. The number of non-ortho nitro benzene ring substituents is 1. The molecule has 0 fully saturated rings. The maximum absolute atomic E-state index is 13.3. The smallest absolute Gasteiger partial charge is 0.269 e. The van der Waals surface area contributed by atoms with E-state index in [2.05, 4.69) is 5.32 Å². The highest BCUT2D eigenvalue weighted by Gasteiger charge is 2.22. The summed E-state index contributed by atoms with van der Waals surface area (Å²) in [5, 5.41) is 13.9. The summed E-state index contributed by atoms with van der Waals surface area (Å²) in [5.74, 6) is -0.235. The average molecular weight is 272 g/mol. The Hall–Kier alpha value is -2.43. The van der Waals surface area contributed by atoms with E-state index in [0.717, 1.165) is 29.7 Å². The first-order valence-corrected chi connectivity index (χ1v) is 6.43. The Morgan fingerprint density at radius 1 is 1.20 bits per heavy atom. The second-order valence-electron chi connectivity index (χ2n) is 4.88. The molecule has 2 aromatic carbocycles. The van der Waals surface area contributed by atoms with Crippen LogP contribution in [-0.4, -0.2) is 4.92 Å². The van der Waals surface area contributed by atoms with Crippen molar-refractivity contribution in [1.82, 2.24) is 0 Å². The molecule has 5 heteroatoms. The SMILES string of the molecule is O=[N+]([O-])c1ccc(NC2CCc3ccc(F)cc32)cc1. The average Bonchev–Trinajstić information content (AvgIpc) is 2.82. The van der Waals surface area contributed by atoms with Crippen molar-refractivity contribution in [2.24, 2.45) is 0 Å². The van der Waals surface area contributed by atoms with Crippen molar-refractivity contribution >= 4 is 11.4 Å². The zero-order valence-electron chi connectivity index (χ0n) is 10.7. The van der Waals surface area contributed by atoms with Gasteiger partial charge in [-0.2, -0.15) is 0 Å². The van der Waals surface area contributed by atoms with Crippen LogP contribution >= 0.6 is 0 Å². The number of hydrogen-bond donors (Lipinski definition) is 1. The standard InChI is InChI=1S/C15H13FN2O2/c16-11-3-1-10-2-8-15(14(10)9-11)17-12-4-6-13(7-5-12)18(19)20/h1,3-7,9,15,17H,2,8H2. The molecule has 1 aliphatic rings. The number of benzene rings is 2. The fourth-order valence-electron chi connectivity index (χ4n) is 2.60. The van der Waals surface area contributed by atoms with Gasteiger partial charge in [0, 0.05) is 17.8 Å². The molecule has 0 saturated heterocycles. The molecule has 20 heavy (non-hydrogen) atoms. The molecule has 1 N–H and O–H groups in total. The third-order valence-corrected chi connectivity index (χ3v) is 3.60. The van der Waals surface area contributed by atoms with E-state index in [0.29, 0.717) is 0 Å². The van der Waals surface area contributed by atoms with Gasteiger partial charge in [0.2, 0.25) is 0 Å². The molecule has 102 valence electrons. The lowest BCUT2D eigenvalue weighted by molar-refractivity contribution is -0.384. The molecule has 0 aliphatic heterocycles. The quantitative estimate of drug-likeness (QED) is 0.682. The largest absolute Gasteiger partial charge is 0.378 e. The molecule has 0 saturated carbocycles. The first-order valence-electron chi connectivity index (χ1n) is 6.43. The summed E-state index contributed by atoms with van der Waals surface area (Å²) in [7, 11) is 0. The van der Waals surface area contributed by atoms with Crippen LogP contribution in [0.3, 0.4) is 0 Å². The van der Waals surface area contributed by atoms with Crippen molar-refractivity contribution in [3.05, 3.63) is 69.5 Å². The zero-order chi connectivity index (χ0) is 14.1. The monoisotopic (exact) mass is 272 g/mol. The van der Waals surface area contributed by atoms with Crippen molar-refractivity contribution < 1.29 is 9.31 Å². The molecule has 1 unspecified atom stereocenters. The minimum absolute atomic E-state index is 0.0576. The highest BCUT2D eigenvalue weighted by molar-refractivity contribution is 5.51. The van der Waals surface area contributed by atoms with Gasteiger partial charge >= 0.3 is 0 Å². The summed E-state index contributed by atoms with van der Waals surface area (Å²) in [6.45, 7) is 0. The van der Waals surface area contributed by atoms with Crippen molar-refractivity contribution in [3.63, 3.8) is 0 Å². The third-order valence-electron chi connectivity index (χ3n) is 3.60. The molecule has 0 heterocycles. The number of aryl methyl sites for hydroxylation is 1. The molecule has 0 radical (unpaired) electrons. The summed E-state index contributed by atoms with van der Waals surface area (Å²) in [4.78, 5) is 10.2. The second kappa shape index (κ2) is 4.92. The Kier molecular flexibility index (Phi) is 3.10. The lowest BCUT2D eigenvalue weighted by Crippen LogP contribution is -2.07. The van der Waals surface area contributed by atoms with Crippen LogP contribution in [0.5, 0.6) is 0 Å². The highest BCUT2D eigenvalue weighted by atomic mass is 19.1. The Bertz CT molecular complexity index is 655. The van der Waals surface area contributed by atoms with Gasteiger partial charge in [-0.15, -0.1) is 0 Å². The van der Waals surface area contributed by atoms with Crippen LogP contribution in [0.1, 0.15) is 23.6 Å². The van der Waals surface area contributed by atoms with Crippen LogP contribution in [0, 0.1) is 15.9 Å². The second-order valence-corrected chi connectivity index (χ2v) is 4.88. The third kappa shape index (κ3) is 2.34. The number of halogens is 1. The minimum Gasteiger partial charge on any atom is -0.378 e. The fraction of sp³-hybridized carbons (Fsp3) is 0.200. The normalized spacial score (nSPS) is 16.8. The molecular weight excluding hydrogens is 259 g/mol. The molecular formula is C15H13FN2O2. The predicted molar refractivity (Wildman–Crippen MR) is 74.2 cm³/mol. The molecule has 1 atom stereocenters. The minimum atomic E-state index is -0.427. The van der Waals surface area contributed by atoms with Crippen LogP contribution in [-0.2, 0) is 6.42 Å². The summed E-state index contributed by atoms with van der Waals surface area (Å²) in [6, 6.07) is 11.2. The van der Waals surface area contributed by atoms with Gasteiger partial charge in [-0.25, -0.2) is 4.39 Å². The van der Waals surface area contributed by atoms with E-state index in [1.165, 1.54) is 18.2 Å². The number of fused-ring (bicyclic) bond motifs is 1. The van der Waals surface area contributed by atoms with E-state index < -0.39 is 4.92 Å². The molecule has 4 nitrogen and oxygen atoms in total. The Labute approximate surface area is 115 Å². The van der Waals surface area contributed by atoms with Gasteiger partial charge in [-0.3, -0.25) is 10.1 Å². The first kappa shape index (κ1) is 12.6. The predicted octanol–water partition coefficient (Wildman–Crippen LogP) is 3.83. The van der Waals surface area contributed by atoms with Gasteiger partial charge in [0.05, 0.1) is 11.0 Å². The number of nitrogens with one attached hydrogen (secondary N) is 1. The summed E-state index contributed by atoms with van der Waals surface area (Å²) in [5.41, 5.74) is 3.00. The number of anilines is 1. The van der Waals surface area contributed by atoms with Crippen LogP contribution in [0.4, 0.5) is 15.8 Å². The first-order chi connectivity index (χ1) is 9.63. The van der Waals surface area contributed by atoms with Gasteiger partial charge in [0.25, 0.3) is 5.69 Å². The number of nitro groups is 1. The number of hydrogen-bond acceptors (Lipinski definition) is 3. The van der Waals surface area contributed by atoms with Gasteiger partial charge in [0.1, 0.15) is 5.82 Å². The van der Waals surface area contributed by atoms with Crippen molar-refractivity contribution in [2.45, 2.75) is 18.9 Å². The van der Waals surface area contributed by atoms with Gasteiger partial charge in [-0.05, 0) is 48.2 Å². The van der Waals surface area contributed by atoms with Crippen LogP contribution in [0.25, 0.3) is 0 Å². The van der Waals surface area contributed by atoms with Crippen molar-refractivity contribution in [1.29, 1.82) is 0 Å². The van der Waals surface area contributed by atoms with E-state index in [1.807, 2.05) is 6.07 Å². The van der Waals surface area contributed by atoms with Gasteiger partial charge < -0.3 is 5.32 Å². The maximum Gasteiger partial charge on any atom is 0.269 e. The number of nitrogens with zero attached hydrogens (tertiary/aromatic N) is 1. The van der Waals surface area contributed by atoms with Crippen LogP contribution < -0.4 is 5.32 Å². The van der Waals surface area contributed by atoms with Crippen LogP contribution in [0.2, 0.25) is 0 Å². The number of rotatable bonds is 3. The molecule has 1 aliphatic carbocycles.